The molecule has 0 radical (unpaired) electrons. The Kier molecular flexibility index (Phi) is 5.70. The zero-order valence-electron chi connectivity index (χ0n) is 15.9. The van der Waals surface area contributed by atoms with Crippen LogP contribution in [0.5, 0.6) is 0 Å². The quantitative estimate of drug-likeness (QED) is 0.797. The van der Waals surface area contributed by atoms with Crippen LogP contribution < -0.4 is 10.2 Å². The van der Waals surface area contributed by atoms with Crippen molar-refractivity contribution in [2.75, 3.05) is 24.5 Å². The number of anilines is 1. The van der Waals surface area contributed by atoms with Crippen molar-refractivity contribution in [3.8, 4) is 0 Å². The first-order valence-electron chi connectivity index (χ1n) is 10.2. The average Bonchev–Trinajstić information content (AvgIpc) is 3.24. The highest BCUT2D eigenvalue weighted by molar-refractivity contribution is 5.93. The number of aryl methyl sites for hydroxylation is 1. The number of rotatable bonds is 6. The first kappa shape index (κ1) is 18.0. The molecule has 6 nitrogen and oxygen atoms in total. The molecule has 0 unspecified atom stereocenters. The van der Waals surface area contributed by atoms with Gasteiger partial charge in [-0.05, 0) is 43.2 Å². The molecule has 2 aromatic heterocycles. The SMILES string of the molecule is O=C(NCCCn1ccnc1)c1cc(N2CC[C@@H]3CCCC[C@H]3C2)ccn1. The van der Waals surface area contributed by atoms with Crippen molar-refractivity contribution in [1.29, 1.82) is 0 Å². The number of hydrogen-bond donors (Lipinski definition) is 1. The van der Waals surface area contributed by atoms with E-state index in [0.717, 1.165) is 43.6 Å². The van der Waals surface area contributed by atoms with Gasteiger partial charge in [0, 0.05) is 50.5 Å². The number of aromatic nitrogens is 3. The van der Waals surface area contributed by atoms with Gasteiger partial charge in [0.05, 0.1) is 6.33 Å². The van der Waals surface area contributed by atoms with Crippen LogP contribution >= 0.6 is 0 Å². The molecule has 1 amide bonds. The highest BCUT2D eigenvalue weighted by Crippen LogP contribution is 2.37. The van der Waals surface area contributed by atoms with E-state index >= 15 is 0 Å². The summed E-state index contributed by atoms with van der Waals surface area (Å²) in [6, 6.07) is 3.99. The second-order valence-corrected chi connectivity index (χ2v) is 7.85. The minimum absolute atomic E-state index is 0.0879. The van der Waals surface area contributed by atoms with Crippen LogP contribution in [-0.2, 0) is 6.54 Å². The summed E-state index contributed by atoms with van der Waals surface area (Å²) >= 11 is 0. The molecule has 6 heteroatoms. The summed E-state index contributed by atoms with van der Waals surface area (Å²) in [5.74, 6) is 1.64. The predicted molar refractivity (Wildman–Crippen MR) is 106 cm³/mol. The fourth-order valence-corrected chi connectivity index (χ4v) is 4.55. The Hall–Kier alpha value is -2.37. The maximum absolute atomic E-state index is 12.5. The van der Waals surface area contributed by atoms with E-state index in [9.17, 15) is 4.79 Å². The molecule has 3 heterocycles. The highest BCUT2D eigenvalue weighted by Gasteiger charge is 2.31. The Bertz CT molecular complexity index is 745. The molecular weight excluding hydrogens is 338 g/mol. The average molecular weight is 367 g/mol. The minimum Gasteiger partial charge on any atom is -0.371 e. The molecule has 27 heavy (non-hydrogen) atoms. The third kappa shape index (κ3) is 4.49. The van der Waals surface area contributed by atoms with Gasteiger partial charge < -0.3 is 14.8 Å². The van der Waals surface area contributed by atoms with Crippen molar-refractivity contribution in [2.45, 2.75) is 45.1 Å². The number of hydrogen-bond acceptors (Lipinski definition) is 4. The number of amides is 1. The van der Waals surface area contributed by atoms with Crippen molar-refractivity contribution in [2.24, 2.45) is 11.8 Å². The second-order valence-electron chi connectivity index (χ2n) is 7.85. The Balaban J connectivity index is 1.31. The summed E-state index contributed by atoms with van der Waals surface area (Å²) in [5.41, 5.74) is 1.65. The highest BCUT2D eigenvalue weighted by atomic mass is 16.1. The van der Waals surface area contributed by atoms with E-state index in [0.29, 0.717) is 12.2 Å². The van der Waals surface area contributed by atoms with Crippen molar-refractivity contribution in [3.05, 3.63) is 42.7 Å². The van der Waals surface area contributed by atoms with Crippen LogP contribution in [0.25, 0.3) is 0 Å². The van der Waals surface area contributed by atoms with Crippen LogP contribution in [0, 0.1) is 11.8 Å². The van der Waals surface area contributed by atoms with Crippen molar-refractivity contribution in [3.63, 3.8) is 0 Å². The zero-order valence-corrected chi connectivity index (χ0v) is 15.9. The Labute approximate surface area is 161 Å². The second kappa shape index (κ2) is 8.55. The molecule has 144 valence electrons. The maximum atomic E-state index is 12.5. The van der Waals surface area contributed by atoms with Crippen LogP contribution in [0.2, 0.25) is 0 Å². The summed E-state index contributed by atoms with van der Waals surface area (Å²) in [5, 5.41) is 2.98. The largest absolute Gasteiger partial charge is 0.371 e. The summed E-state index contributed by atoms with van der Waals surface area (Å²) in [7, 11) is 0. The van der Waals surface area contributed by atoms with E-state index in [1.165, 1.54) is 32.1 Å². The van der Waals surface area contributed by atoms with Gasteiger partial charge in [-0.25, -0.2) is 4.98 Å². The molecule has 1 N–H and O–H groups in total. The molecule has 2 atom stereocenters. The van der Waals surface area contributed by atoms with E-state index in [1.54, 1.807) is 18.7 Å². The van der Waals surface area contributed by atoms with Crippen LogP contribution in [0.4, 0.5) is 5.69 Å². The lowest BCUT2D eigenvalue weighted by Crippen LogP contribution is -2.42. The van der Waals surface area contributed by atoms with Crippen molar-refractivity contribution < 1.29 is 4.79 Å². The molecule has 2 aliphatic rings. The molecule has 1 saturated carbocycles. The van der Waals surface area contributed by atoms with E-state index < -0.39 is 0 Å². The molecule has 1 aliphatic carbocycles. The molecule has 2 aromatic rings. The molecular formula is C21H29N5O. The number of nitrogens with one attached hydrogen (secondary N) is 1. The van der Waals surface area contributed by atoms with Gasteiger partial charge in [0.1, 0.15) is 5.69 Å². The first-order valence-corrected chi connectivity index (χ1v) is 10.2. The van der Waals surface area contributed by atoms with Gasteiger partial charge in [-0.1, -0.05) is 19.3 Å². The Morgan fingerprint density at radius 3 is 2.93 bits per heavy atom. The van der Waals surface area contributed by atoms with Gasteiger partial charge in [-0.15, -0.1) is 0 Å². The number of carbonyl (C=O) groups excluding carboxylic acids is 1. The van der Waals surface area contributed by atoms with Gasteiger partial charge in [-0.2, -0.15) is 0 Å². The predicted octanol–water partition coefficient (Wildman–Crippen LogP) is 3.11. The fraction of sp³-hybridized carbons (Fsp3) is 0.571. The normalized spacial score (nSPS) is 22.3. The van der Waals surface area contributed by atoms with Gasteiger partial charge in [0.15, 0.2) is 0 Å². The smallest absolute Gasteiger partial charge is 0.269 e. The monoisotopic (exact) mass is 367 g/mol. The summed E-state index contributed by atoms with van der Waals surface area (Å²) in [6.07, 6.45) is 15.0. The lowest BCUT2D eigenvalue weighted by Gasteiger charge is -2.42. The van der Waals surface area contributed by atoms with E-state index in [4.69, 9.17) is 0 Å². The molecule has 1 saturated heterocycles. The van der Waals surface area contributed by atoms with Gasteiger partial charge >= 0.3 is 0 Å². The van der Waals surface area contributed by atoms with Gasteiger partial charge in [0.2, 0.25) is 0 Å². The summed E-state index contributed by atoms with van der Waals surface area (Å²) < 4.78 is 2.01. The van der Waals surface area contributed by atoms with Crippen LogP contribution in [0.3, 0.4) is 0 Å². The van der Waals surface area contributed by atoms with Crippen LogP contribution in [0.1, 0.15) is 49.0 Å². The molecule has 0 spiro atoms. The topological polar surface area (TPSA) is 63.1 Å². The first-order chi connectivity index (χ1) is 13.3. The maximum Gasteiger partial charge on any atom is 0.269 e. The van der Waals surface area contributed by atoms with Crippen molar-refractivity contribution in [1.82, 2.24) is 19.9 Å². The van der Waals surface area contributed by atoms with Crippen molar-refractivity contribution >= 4 is 11.6 Å². The van der Waals surface area contributed by atoms with Gasteiger partial charge in [-0.3, -0.25) is 9.78 Å². The van der Waals surface area contributed by atoms with Crippen LogP contribution in [0.15, 0.2) is 37.1 Å². The molecule has 0 bridgehead atoms. The van der Waals surface area contributed by atoms with E-state index in [2.05, 4.69) is 20.2 Å². The van der Waals surface area contributed by atoms with Gasteiger partial charge in [0.25, 0.3) is 5.91 Å². The lowest BCUT2D eigenvalue weighted by atomic mass is 9.75. The zero-order chi connectivity index (χ0) is 18.5. The summed E-state index contributed by atoms with van der Waals surface area (Å²) in [6.45, 7) is 3.71. The number of piperidine rings is 1. The molecule has 0 aromatic carbocycles. The number of pyridine rings is 1. The standard InChI is InChI=1S/C21H29N5O/c27-21(24-8-3-11-25-13-10-22-16-25)20-14-19(6-9-23-20)26-12-7-17-4-1-2-5-18(17)15-26/h6,9-10,13-14,16-18H,1-5,7-8,11-12,15H2,(H,24,27)/t17-,18-/m0/s1. The van der Waals surface area contributed by atoms with E-state index in [1.807, 2.05) is 22.9 Å². The third-order valence-corrected chi connectivity index (χ3v) is 6.07. The molecule has 4 rings (SSSR count). The molecule has 2 fully saturated rings. The summed E-state index contributed by atoms with van der Waals surface area (Å²) in [4.78, 5) is 23.2. The Morgan fingerprint density at radius 1 is 1.19 bits per heavy atom. The fourth-order valence-electron chi connectivity index (χ4n) is 4.55. The van der Waals surface area contributed by atoms with Crippen LogP contribution in [-0.4, -0.2) is 40.1 Å². The Morgan fingerprint density at radius 2 is 2.07 bits per heavy atom. The number of imidazole rings is 1. The lowest BCUT2D eigenvalue weighted by molar-refractivity contribution is 0.0947. The minimum atomic E-state index is -0.0879. The van der Waals surface area contributed by atoms with E-state index in [-0.39, 0.29) is 5.91 Å². The number of fused-ring (bicyclic) bond motifs is 1. The number of nitrogens with zero attached hydrogens (tertiary/aromatic N) is 4. The number of carbonyl (C=O) groups is 1. The molecule has 1 aliphatic heterocycles. The third-order valence-electron chi connectivity index (χ3n) is 6.07.